The Labute approximate surface area is 186 Å². The van der Waals surface area contributed by atoms with Crippen molar-refractivity contribution in [3.63, 3.8) is 0 Å². The van der Waals surface area contributed by atoms with Crippen LogP contribution in [-0.2, 0) is 22.5 Å². The second kappa shape index (κ2) is 9.38. The predicted octanol–water partition coefficient (Wildman–Crippen LogP) is 5.48. The van der Waals surface area contributed by atoms with Gasteiger partial charge in [0.25, 0.3) is 0 Å². The zero-order chi connectivity index (χ0) is 21.8. The third kappa shape index (κ3) is 4.82. The Balaban J connectivity index is 1.62. The van der Waals surface area contributed by atoms with E-state index in [1.54, 1.807) is 6.92 Å². The van der Waals surface area contributed by atoms with E-state index in [0.29, 0.717) is 11.6 Å². The molecule has 0 radical (unpaired) electrons. The van der Waals surface area contributed by atoms with E-state index in [2.05, 4.69) is 34.9 Å². The second-order valence-electron chi connectivity index (χ2n) is 7.46. The number of carbonyl (C=O) groups excluding carboxylic acids is 1. The van der Waals surface area contributed by atoms with Crippen LogP contribution in [0.5, 0.6) is 0 Å². The molecule has 158 valence electrons. The van der Waals surface area contributed by atoms with E-state index in [9.17, 15) is 9.90 Å². The molecule has 31 heavy (non-hydrogen) atoms. The maximum absolute atomic E-state index is 11.9. The van der Waals surface area contributed by atoms with Crippen LogP contribution in [-0.4, -0.2) is 28.4 Å². The molecule has 0 aliphatic carbocycles. The molecule has 1 atom stereocenters. The Morgan fingerprint density at radius 3 is 2.52 bits per heavy atom. The minimum absolute atomic E-state index is 0.202. The Morgan fingerprint density at radius 2 is 1.77 bits per heavy atom. The smallest absolute Gasteiger partial charge is 0.335 e. The van der Waals surface area contributed by atoms with Crippen molar-refractivity contribution in [2.45, 2.75) is 26.0 Å². The van der Waals surface area contributed by atoms with Gasteiger partial charge in [0.1, 0.15) is 0 Å². The van der Waals surface area contributed by atoms with Gasteiger partial charge in [-0.05, 0) is 53.3 Å². The topological polar surface area (TPSA) is 51.5 Å². The highest BCUT2D eigenvalue weighted by molar-refractivity contribution is 6.30. The summed E-state index contributed by atoms with van der Waals surface area (Å²) in [6.45, 7) is 2.61. The Hall–Kier alpha value is -3.08. The molecule has 3 aromatic carbocycles. The lowest BCUT2D eigenvalue weighted by molar-refractivity contribution is -0.152. The van der Waals surface area contributed by atoms with Crippen molar-refractivity contribution in [3.05, 3.63) is 95.1 Å². The highest BCUT2D eigenvalue weighted by atomic mass is 35.5. The number of aromatic nitrogens is 1. The molecular formula is C26H24ClNO3. The van der Waals surface area contributed by atoms with Crippen molar-refractivity contribution in [2.24, 2.45) is 0 Å². The fourth-order valence-corrected chi connectivity index (χ4v) is 3.99. The molecule has 1 aromatic heterocycles. The number of para-hydroxylation sites is 1. The molecular weight excluding hydrogens is 410 g/mol. The number of benzene rings is 3. The molecule has 1 N–H and O–H groups in total. The number of nitrogens with zero attached hydrogens (tertiary/aromatic N) is 1. The summed E-state index contributed by atoms with van der Waals surface area (Å²) in [6.07, 6.45) is -0.984. The summed E-state index contributed by atoms with van der Waals surface area (Å²) < 4.78 is 7.11. The molecule has 1 heterocycles. The van der Waals surface area contributed by atoms with Gasteiger partial charge >= 0.3 is 5.97 Å². The normalized spacial score (nSPS) is 12.1. The molecule has 0 saturated carbocycles. The summed E-state index contributed by atoms with van der Waals surface area (Å²) in [7, 11) is 0. The zero-order valence-corrected chi connectivity index (χ0v) is 18.0. The van der Waals surface area contributed by atoms with Gasteiger partial charge in [0, 0.05) is 29.2 Å². The second-order valence-corrected chi connectivity index (χ2v) is 7.90. The maximum atomic E-state index is 11.9. The average molecular weight is 434 g/mol. The van der Waals surface area contributed by atoms with Gasteiger partial charge in [0.05, 0.1) is 6.61 Å². The SMILES string of the molecule is CCOC(=O)[C@H](O)Cc1cc2ccccc2n1Cc1ccc(-c2cccc(Cl)c2)cc1. The van der Waals surface area contributed by atoms with Crippen LogP contribution in [0.15, 0.2) is 78.9 Å². The van der Waals surface area contributed by atoms with Crippen LogP contribution in [0.1, 0.15) is 18.2 Å². The minimum atomic E-state index is -1.19. The summed E-state index contributed by atoms with van der Waals surface area (Å²) in [5, 5.41) is 12.1. The van der Waals surface area contributed by atoms with Crippen molar-refractivity contribution in [1.29, 1.82) is 0 Å². The van der Waals surface area contributed by atoms with Crippen molar-refractivity contribution in [1.82, 2.24) is 4.57 Å². The first kappa shape index (κ1) is 21.2. The number of ether oxygens (including phenoxy) is 1. The highest BCUT2D eigenvalue weighted by Crippen LogP contribution is 2.25. The average Bonchev–Trinajstić information content (AvgIpc) is 3.11. The van der Waals surface area contributed by atoms with Gasteiger partial charge in [0.15, 0.2) is 6.10 Å². The van der Waals surface area contributed by atoms with Gasteiger partial charge in [-0.2, -0.15) is 0 Å². The van der Waals surface area contributed by atoms with E-state index >= 15 is 0 Å². The summed E-state index contributed by atoms with van der Waals surface area (Å²) in [4.78, 5) is 11.9. The van der Waals surface area contributed by atoms with Crippen molar-refractivity contribution < 1.29 is 14.6 Å². The van der Waals surface area contributed by atoms with Gasteiger partial charge < -0.3 is 14.4 Å². The maximum Gasteiger partial charge on any atom is 0.335 e. The monoisotopic (exact) mass is 433 g/mol. The summed E-state index contributed by atoms with van der Waals surface area (Å²) >= 11 is 6.12. The number of carbonyl (C=O) groups is 1. The van der Waals surface area contributed by atoms with Gasteiger partial charge in [-0.3, -0.25) is 0 Å². The van der Waals surface area contributed by atoms with Crippen LogP contribution in [0.2, 0.25) is 5.02 Å². The first-order valence-corrected chi connectivity index (χ1v) is 10.7. The Kier molecular flexibility index (Phi) is 6.40. The summed E-state index contributed by atoms with van der Waals surface area (Å²) in [5.74, 6) is -0.592. The molecule has 0 spiro atoms. The molecule has 0 amide bonds. The zero-order valence-electron chi connectivity index (χ0n) is 17.3. The third-order valence-electron chi connectivity index (χ3n) is 5.31. The predicted molar refractivity (Wildman–Crippen MR) is 124 cm³/mol. The molecule has 0 aliphatic rings. The van der Waals surface area contributed by atoms with Crippen LogP contribution < -0.4 is 0 Å². The fraction of sp³-hybridized carbons (Fsp3) is 0.192. The molecule has 4 rings (SSSR count). The fourth-order valence-electron chi connectivity index (χ4n) is 3.80. The molecule has 5 heteroatoms. The molecule has 0 fully saturated rings. The first-order valence-electron chi connectivity index (χ1n) is 10.3. The lowest BCUT2D eigenvalue weighted by Gasteiger charge is -2.14. The third-order valence-corrected chi connectivity index (χ3v) is 5.55. The van der Waals surface area contributed by atoms with Gasteiger partial charge in [0.2, 0.25) is 0 Å². The number of rotatable bonds is 7. The van der Waals surface area contributed by atoms with E-state index in [-0.39, 0.29) is 13.0 Å². The quantitative estimate of drug-likeness (QED) is 0.393. The molecule has 0 unspecified atom stereocenters. The van der Waals surface area contributed by atoms with Crippen molar-refractivity contribution >= 4 is 28.5 Å². The molecule has 0 saturated heterocycles. The number of hydrogen-bond acceptors (Lipinski definition) is 3. The largest absolute Gasteiger partial charge is 0.464 e. The molecule has 0 bridgehead atoms. The van der Waals surface area contributed by atoms with Crippen LogP contribution in [0, 0.1) is 0 Å². The van der Waals surface area contributed by atoms with Gasteiger partial charge in [-0.15, -0.1) is 0 Å². The molecule has 4 aromatic rings. The minimum Gasteiger partial charge on any atom is -0.464 e. The standard InChI is InChI=1S/C26H24ClNO3/c1-2-31-26(30)25(29)16-23-15-21-6-3-4-9-24(21)28(23)17-18-10-12-19(13-11-18)20-7-5-8-22(27)14-20/h3-15,25,29H,2,16-17H2,1H3/t25-/m1/s1. The number of aliphatic hydroxyl groups excluding tert-OH is 1. The van der Waals surface area contributed by atoms with Crippen molar-refractivity contribution in [3.8, 4) is 11.1 Å². The Morgan fingerprint density at radius 1 is 1.00 bits per heavy atom. The van der Waals surface area contributed by atoms with Crippen LogP contribution in [0.25, 0.3) is 22.0 Å². The molecule has 4 nitrogen and oxygen atoms in total. The summed E-state index contributed by atoms with van der Waals surface area (Å²) in [5.41, 5.74) is 5.25. The number of halogens is 1. The number of fused-ring (bicyclic) bond motifs is 1. The highest BCUT2D eigenvalue weighted by Gasteiger charge is 2.20. The van der Waals surface area contributed by atoms with E-state index in [0.717, 1.165) is 33.3 Å². The van der Waals surface area contributed by atoms with Gasteiger partial charge in [-0.25, -0.2) is 4.79 Å². The van der Waals surface area contributed by atoms with Crippen molar-refractivity contribution in [2.75, 3.05) is 6.61 Å². The number of aliphatic hydroxyl groups is 1. The van der Waals surface area contributed by atoms with E-state index in [1.807, 2.05) is 48.5 Å². The lowest BCUT2D eigenvalue weighted by Crippen LogP contribution is -2.26. The van der Waals surface area contributed by atoms with Crippen LogP contribution in [0.3, 0.4) is 0 Å². The lowest BCUT2D eigenvalue weighted by atomic mass is 10.0. The number of hydrogen-bond donors (Lipinski definition) is 1. The van der Waals surface area contributed by atoms with Crippen LogP contribution in [0.4, 0.5) is 0 Å². The van der Waals surface area contributed by atoms with E-state index in [1.165, 1.54) is 0 Å². The molecule has 0 aliphatic heterocycles. The summed E-state index contributed by atoms with van der Waals surface area (Å²) in [6, 6.07) is 26.2. The van der Waals surface area contributed by atoms with Crippen LogP contribution >= 0.6 is 11.6 Å². The van der Waals surface area contributed by atoms with E-state index < -0.39 is 12.1 Å². The Bertz CT molecular complexity index is 1200. The first-order chi connectivity index (χ1) is 15.0. The van der Waals surface area contributed by atoms with E-state index in [4.69, 9.17) is 16.3 Å². The number of esters is 1. The van der Waals surface area contributed by atoms with Gasteiger partial charge in [-0.1, -0.05) is 66.2 Å².